The van der Waals surface area contributed by atoms with Gasteiger partial charge in [0.2, 0.25) is 0 Å². The molecule has 3 rings (SSSR count). The summed E-state index contributed by atoms with van der Waals surface area (Å²) in [5.41, 5.74) is 5.85. The fourth-order valence-corrected chi connectivity index (χ4v) is 2.97. The number of rotatable bonds is 6. The van der Waals surface area contributed by atoms with E-state index in [1.54, 1.807) is 0 Å². The van der Waals surface area contributed by atoms with Crippen LogP contribution in [0.3, 0.4) is 0 Å². The summed E-state index contributed by atoms with van der Waals surface area (Å²) in [5, 5.41) is 0. The molecule has 1 N–H and O–H groups in total. The monoisotopic (exact) mass is 322 g/mol. The van der Waals surface area contributed by atoms with E-state index in [9.17, 15) is 0 Å². The van der Waals surface area contributed by atoms with Crippen molar-refractivity contribution in [2.24, 2.45) is 5.92 Å². The highest BCUT2D eigenvalue weighted by atomic mass is 16.5. The molecule has 0 fully saturated rings. The van der Waals surface area contributed by atoms with Crippen LogP contribution in [0.4, 0.5) is 0 Å². The third-order valence-electron chi connectivity index (χ3n) is 4.26. The molecule has 1 unspecified atom stereocenters. The minimum absolute atomic E-state index is 0.0494. The van der Waals surface area contributed by atoms with E-state index in [0.717, 1.165) is 23.3 Å². The molecular formula is C21H26N2O. The largest absolute Gasteiger partial charge is 0.369 e. The summed E-state index contributed by atoms with van der Waals surface area (Å²) >= 11 is 0. The number of ether oxygens (including phenoxy) is 1. The lowest BCUT2D eigenvalue weighted by atomic mass is 10.0. The Bertz CT molecular complexity index is 802. The van der Waals surface area contributed by atoms with Crippen LogP contribution < -0.4 is 0 Å². The molecule has 2 aromatic carbocycles. The van der Waals surface area contributed by atoms with Crippen molar-refractivity contribution in [3.05, 3.63) is 65.0 Å². The molecule has 0 saturated carbocycles. The zero-order valence-electron chi connectivity index (χ0n) is 15.0. The van der Waals surface area contributed by atoms with Crippen molar-refractivity contribution in [3.63, 3.8) is 0 Å². The first-order valence-corrected chi connectivity index (χ1v) is 8.67. The molecule has 0 aliphatic rings. The molecule has 1 atom stereocenters. The zero-order valence-corrected chi connectivity index (χ0v) is 15.0. The summed E-state index contributed by atoms with van der Waals surface area (Å²) in [7, 11) is 0. The van der Waals surface area contributed by atoms with Crippen LogP contribution in [-0.2, 0) is 17.8 Å². The Hall–Kier alpha value is -2.13. The number of H-pyrrole nitrogens is 1. The van der Waals surface area contributed by atoms with Crippen LogP contribution in [0.25, 0.3) is 11.0 Å². The summed E-state index contributed by atoms with van der Waals surface area (Å²) in [5.74, 6) is 1.63. The lowest BCUT2D eigenvalue weighted by Crippen LogP contribution is -2.01. The molecule has 0 spiro atoms. The molecule has 1 aromatic heterocycles. The van der Waals surface area contributed by atoms with Gasteiger partial charge in [0.05, 0.1) is 23.7 Å². The number of fused-ring (bicyclic) bond motifs is 1. The van der Waals surface area contributed by atoms with Crippen molar-refractivity contribution in [2.45, 2.75) is 46.8 Å². The van der Waals surface area contributed by atoms with Gasteiger partial charge in [-0.1, -0.05) is 44.2 Å². The minimum atomic E-state index is 0.0494. The van der Waals surface area contributed by atoms with Gasteiger partial charge in [0, 0.05) is 0 Å². The highest BCUT2D eigenvalue weighted by molar-refractivity contribution is 5.75. The molecule has 0 amide bonds. The highest BCUT2D eigenvalue weighted by Crippen LogP contribution is 2.22. The van der Waals surface area contributed by atoms with Gasteiger partial charge in [-0.05, 0) is 55.0 Å². The summed E-state index contributed by atoms with van der Waals surface area (Å²) in [6.45, 7) is 9.19. The van der Waals surface area contributed by atoms with E-state index >= 15 is 0 Å². The number of aromatic nitrogens is 2. The number of hydrogen-bond donors (Lipinski definition) is 1. The molecule has 0 radical (unpaired) electrons. The first-order valence-electron chi connectivity index (χ1n) is 8.67. The van der Waals surface area contributed by atoms with Crippen molar-refractivity contribution in [1.29, 1.82) is 0 Å². The highest BCUT2D eigenvalue weighted by Gasteiger charge is 2.09. The van der Waals surface area contributed by atoms with E-state index in [-0.39, 0.29) is 6.10 Å². The third-order valence-corrected chi connectivity index (χ3v) is 4.26. The number of nitrogens with zero attached hydrogens (tertiary/aromatic N) is 1. The van der Waals surface area contributed by atoms with Crippen molar-refractivity contribution in [3.8, 4) is 0 Å². The van der Waals surface area contributed by atoms with Crippen LogP contribution in [0, 0.1) is 12.8 Å². The molecule has 3 heteroatoms. The topological polar surface area (TPSA) is 37.9 Å². The number of aromatic amines is 1. The lowest BCUT2D eigenvalue weighted by molar-refractivity contribution is 0.0526. The third kappa shape index (κ3) is 4.04. The maximum atomic E-state index is 6.06. The Morgan fingerprint density at radius 2 is 1.71 bits per heavy atom. The Morgan fingerprint density at radius 1 is 1.00 bits per heavy atom. The van der Waals surface area contributed by atoms with Gasteiger partial charge in [-0.3, -0.25) is 0 Å². The van der Waals surface area contributed by atoms with Gasteiger partial charge in [0.15, 0.2) is 0 Å². The molecule has 0 bridgehead atoms. The molecule has 1 heterocycles. The average Bonchev–Trinajstić information content (AvgIpc) is 2.92. The lowest BCUT2D eigenvalue weighted by Gasteiger charge is -2.14. The second-order valence-electron chi connectivity index (χ2n) is 6.97. The smallest absolute Gasteiger partial charge is 0.104 e. The Kier molecular flexibility index (Phi) is 5.00. The SMILES string of the molecule is Cc1nc2ccc(C(C)OCc3ccc(CC(C)C)cc3)cc2[nH]1. The molecule has 0 aliphatic carbocycles. The normalized spacial score (nSPS) is 12.9. The summed E-state index contributed by atoms with van der Waals surface area (Å²) in [4.78, 5) is 7.72. The quantitative estimate of drug-likeness (QED) is 0.664. The molecule has 3 nitrogen and oxygen atoms in total. The number of hydrogen-bond acceptors (Lipinski definition) is 2. The second-order valence-corrected chi connectivity index (χ2v) is 6.97. The number of imidazole rings is 1. The van der Waals surface area contributed by atoms with E-state index in [2.05, 4.69) is 73.2 Å². The van der Waals surface area contributed by atoms with Gasteiger partial charge in [0.25, 0.3) is 0 Å². The van der Waals surface area contributed by atoms with Crippen LogP contribution in [0.15, 0.2) is 42.5 Å². The van der Waals surface area contributed by atoms with E-state index < -0.39 is 0 Å². The molecular weight excluding hydrogens is 296 g/mol. The van der Waals surface area contributed by atoms with Gasteiger partial charge in [0.1, 0.15) is 5.82 Å². The average molecular weight is 322 g/mol. The zero-order chi connectivity index (χ0) is 17.1. The fraction of sp³-hybridized carbons (Fsp3) is 0.381. The Balaban J connectivity index is 1.62. The van der Waals surface area contributed by atoms with Crippen LogP contribution in [0.2, 0.25) is 0 Å². The van der Waals surface area contributed by atoms with Crippen molar-refractivity contribution >= 4 is 11.0 Å². The summed E-state index contributed by atoms with van der Waals surface area (Å²) in [6, 6.07) is 15.0. The molecule has 3 aromatic rings. The van der Waals surface area contributed by atoms with E-state index in [4.69, 9.17) is 4.74 Å². The van der Waals surface area contributed by atoms with Gasteiger partial charge in [-0.25, -0.2) is 4.98 Å². The maximum Gasteiger partial charge on any atom is 0.104 e. The van der Waals surface area contributed by atoms with Gasteiger partial charge >= 0.3 is 0 Å². The van der Waals surface area contributed by atoms with E-state index in [0.29, 0.717) is 12.5 Å². The second kappa shape index (κ2) is 7.18. The van der Waals surface area contributed by atoms with Gasteiger partial charge < -0.3 is 9.72 Å². The predicted octanol–water partition coefficient (Wildman–Crippen LogP) is 5.35. The van der Waals surface area contributed by atoms with Crippen molar-refractivity contribution < 1.29 is 4.74 Å². The van der Waals surface area contributed by atoms with Crippen LogP contribution in [0.1, 0.15) is 49.4 Å². The molecule has 24 heavy (non-hydrogen) atoms. The van der Waals surface area contributed by atoms with Gasteiger partial charge in [-0.2, -0.15) is 0 Å². The van der Waals surface area contributed by atoms with E-state index in [1.807, 2.05) is 6.92 Å². The van der Waals surface area contributed by atoms with Crippen LogP contribution in [0.5, 0.6) is 0 Å². The summed E-state index contributed by atoms with van der Waals surface area (Å²) < 4.78 is 6.06. The molecule has 0 saturated heterocycles. The number of benzene rings is 2. The maximum absolute atomic E-state index is 6.06. The standard InChI is InChI=1S/C21H26N2O/c1-14(2)11-17-5-7-18(8-6-17)13-24-15(3)19-9-10-20-21(12-19)23-16(4)22-20/h5-10,12,14-15H,11,13H2,1-4H3,(H,22,23). The van der Waals surface area contributed by atoms with Gasteiger partial charge in [-0.15, -0.1) is 0 Å². The van der Waals surface area contributed by atoms with Crippen molar-refractivity contribution in [2.75, 3.05) is 0 Å². The number of aryl methyl sites for hydroxylation is 1. The molecule has 126 valence electrons. The Labute approximate surface area is 144 Å². The number of nitrogens with one attached hydrogen (secondary N) is 1. The Morgan fingerprint density at radius 3 is 2.42 bits per heavy atom. The first kappa shape index (κ1) is 16.7. The van der Waals surface area contributed by atoms with Crippen LogP contribution >= 0.6 is 0 Å². The van der Waals surface area contributed by atoms with E-state index in [1.165, 1.54) is 16.7 Å². The van der Waals surface area contributed by atoms with Crippen molar-refractivity contribution in [1.82, 2.24) is 9.97 Å². The summed E-state index contributed by atoms with van der Waals surface area (Å²) in [6.07, 6.45) is 1.18. The van der Waals surface area contributed by atoms with Crippen LogP contribution in [-0.4, -0.2) is 9.97 Å². The predicted molar refractivity (Wildman–Crippen MR) is 99.0 cm³/mol. The first-order chi connectivity index (χ1) is 11.5. The minimum Gasteiger partial charge on any atom is -0.369 e. The molecule has 0 aliphatic heterocycles. The fourth-order valence-electron chi connectivity index (χ4n) is 2.97.